The molecule has 0 aliphatic heterocycles. The van der Waals surface area contributed by atoms with Gasteiger partial charge in [0.15, 0.2) is 11.6 Å². The van der Waals surface area contributed by atoms with Crippen LogP contribution in [0.15, 0.2) is 0 Å². The van der Waals surface area contributed by atoms with E-state index in [9.17, 15) is 19.2 Å². The molecular formula is C10H18N2O6S2. The standard InChI is InChI=1S/C6H12N2O4S2.C4H6O2/c7-3(5(9)10)1-13-14-2-4(8)6(11)12;1-3(5)4(2)6/h3-4H,1-2,7-8H2,(H,9,10)(H,11,12);1-2H3. The number of carboxylic acid groups (broad SMARTS) is 2. The summed E-state index contributed by atoms with van der Waals surface area (Å²) in [6, 6.07) is -1.85. The van der Waals surface area contributed by atoms with Crippen LogP contribution < -0.4 is 11.5 Å². The molecule has 116 valence electrons. The molecule has 0 rings (SSSR count). The van der Waals surface area contributed by atoms with E-state index < -0.39 is 24.0 Å². The van der Waals surface area contributed by atoms with Crippen molar-refractivity contribution in [2.24, 2.45) is 11.5 Å². The summed E-state index contributed by atoms with van der Waals surface area (Å²) in [4.78, 5) is 40.1. The SMILES string of the molecule is CC(=O)C(C)=O.NC(CSSCC(N)C(=O)O)C(=O)O. The lowest BCUT2D eigenvalue weighted by Gasteiger charge is -2.07. The Labute approximate surface area is 124 Å². The van der Waals surface area contributed by atoms with Gasteiger partial charge >= 0.3 is 11.9 Å². The molecule has 0 spiro atoms. The van der Waals surface area contributed by atoms with Crippen LogP contribution in [-0.4, -0.2) is 57.3 Å². The second-order valence-electron chi connectivity index (χ2n) is 3.57. The number of ketones is 2. The van der Waals surface area contributed by atoms with Crippen LogP contribution in [0.4, 0.5) is 0 Å². The van der Waals surface area contributed by atoms with Crippen LogP contribution in [-0.2, 0) is 19.2 Å². The minimum absolute atomic E-state index is 0.229. The van der Waals surface area contributed by atoms with Crippen LogP contribution in [0.25, 0.3) is 0 Å². The van der Waals surface area contributed by atoms with Gasteiger partial charge in [-0.25, -0.2) is 0 Å². The summed E-state index contributed by atoms with van der Waals surface area (Å²) in [5.74, 6) is -2.44. The second-order valence-corrected chi connectivity index (χ2v) is 6.12. The van der Waals surface area contributed by atoms with Crippen LogP contribution in [0.5, 0.6) is 0 Å². The minimum atomic E-state index is -1.07. The Morgan fingerprint density at radius 2 is 1.10 bits per heavy atom. The summed E-state index contributed by atoms with van der Waals surface area (Å²) in [7, 11) is 2.41. The number of carbonyl (C=O) groups excluding carboxylic acids is 2. The second kappa shape index (κ2) is 11.7. The first-order valence-corrected chi connectivity index (χ1v) is 7.81. The minimum Gasteiger partial charge on any atom is -0.480 e. The van der Waals surface area contributed by atoms with E-state index in [2.05, 4.69) is 0 Å². The van der Waals surface area contributed by atoms with Crippen LogP contribution in [0.1, 0.15) is 13.8 Å². The lowest BCUT2D eigenvalue weighted by molar-refractivity contribution is -0.138. The van der Waals surface area contributed by atoms with Gasteiger partial charge in [0.1, 0.15) is 12.1 Å². The van der Waals surface area contributed by atoms with Crippen LogP contribution in [0.2, 0.25) is 0 Å². The molecule has 0 heterocycles. The van der Waals surface area contributed by atoms with E-state index in [-0.39, 0.29) is 23.1 Å². The van der Waals surface area contributed by atoms with Crippen LogP contribution in [0, 0.1) is 0 Å². The number of carbonyl (C=O) groups is 4. The van der Waals surface area contributed by atoms with E-state index in [1.807, 2.05) is 0 Å². The number of aliphatic carboxylic acids is 2. The Hall–Kier alpha value is -1.10. The number of nitrogens with two attached hydrogens (primary N) is 2. The number of rotatable bonds is 8. The molecule has 0 aromatic heterocycles. The molecule has 0 aromatic rings. The van der Waals surface area contributed by atoms with Gasteiger partial charge in [0.25, 0.3) is 0 Å². The van der Waals surface area contributed by atoms with E-state index in [0.29, 0.717) is 0 Å². The highest BCUT2D eigenvalue weighted by molar-refractivity contribution is 8.76. The molecule has 8 nitrogen and oxygen atoms in total. The zero-order valence-corrected chi connectivity index (χ0v) is 12.7. The molecule has 0 saturated heterocycles. The fraction of sp³-hybridized carbons (Fsp3) is 0.600. The molecule has 20 heavy (non-hydrogen) atoms. The molecule has 10 heteroatoms. The molecular weight excluding hydrogens is 308 g/mol. The maximum absolute atomic E-state index is 10.3. The molecule has 0 radical (unpaired) electrons. The molecule has 0 amide bonds. The number of hydrogen-bond donors (Lipinski definition) is 4. The third-order valence-corrected chi connectivity index (χ3v) is 4.18. The van der Waals surface area contributed by atoms with E-state index in [4.69, 9.17) is 21.7 Å². The highest BCUT2D eigenvalue weighted by Crippen LogP contribution is 2.22. The maximum atomic E-state index is 10.3. The zero-order chi connectivity index (χ0) is 16.3. The third kappa shape index (κ3) is 13.3. The molecule has 0 fully saturated rings. The van der Waals surface area contributed by atoms with Crippen molar-refractivity contribution in [2.75, 3.05) is 11.5 Å². The molecule has 2 atom stereocenters. The van der Waals surface area contributed by atoms with Gasteiger partial charge in [0, 0.05) is 25.4 Å². The fourth-order valence-corrected chi connectivity index (χ4v) is 2.61. The van der Waals surface area contributed by atoms with E-state index >= 15 is 0 Å². The molecule has 0 saturated carbocycles. The topological polar surface area (TPSA) is 161 Å². The van der Waals surface area contributed by atoms with Gasteiger partial charge in [-0.15, -0.1) is 0 Å². The van der Waals surface area contributed by atoms with E-state index in [0.717, 1.165) is 0 Å². The van der Waals surface area contributed by atoms with Gasteiger partial charge < -0.3 is 21.7 Å². The quantitative estimate of drug-likeness (QED) is 0.256. The summed E-state index contributed by atoms with van der Waals surface area (Å²) < 4.78 is 0. The molecule has 0 aromatic carbocycles. The average Bonchev–Trinajstić information content (AvgIpc) is 2.34. The molecule has 6 N–H and O–H groups in total. The van der Waals surface area contributed by atoms with Gasteiger partial charge in [-0.3, -0.25) is 19.2 Å². The first kappa shape index (κ1) is 21.2. The zero-order valence-electron chi connectivity index (χ0n) is 11.1. The van der Waals surface area contributed by atoms with Crippen LogP contribution >= 0.6 is 21.6 Å². The van der Waals surface area contributed by atoms with Gasteiger partial charge in [0.2, 0.25) is 0 Å². The van der Waals surface area contributed by atoms with Crippen molar-refractivity contribution < 1.29 is 29.4 Å². The largest absolute Gasteiger partial charge is 0.480 e. The average molecular weight is 326 g/mol. The first-order chi connectivity index (χ1) is 9.09. The van der Waals surface area contributed by atoms with Gasteiger partial charge in [-0.05, 0) is 0 Å². The summed E-state index contributed by atoms with van der Waals surface area (Å²) in [6.07, 6.45) is 0. The third-order valence-electron chi connectivity index (χ3n) is 1.71. The smallest absolute Gasteiger partial charge is 0.321 e. The highest BCUT2D eigenvalue weighted by Gasteiger charge is 2.14. The lowest BCUT2D eigenvalue weighted by Crippen LogP contribution is -2.33. The number of Topliss-reactive ketones (excluding diaryl/α,β-unsaturated/α-hetero) is 2. The van der Waals surface area contributed by atoms with Crippen LogP contribution in [0.3, 0.4) is 0 Å². The van der Waals surface area contributed by atoms with Gasteiger partial charge in [-0.1, -0.05) is 21.6 Å². The number of carboxylic acids is 2. The summed E-state index contributed by atoms with van der Waals surface area (Å²) in [5, 5.41) is 16.8. The van der Waals surface area contributed by atoms with Crippen molar-refractivity contribution in [3.05, 3.63) is 0 Å². The van der Waals surface area contributed by atoms with Crippen molar-refractivity contribution in [2.45, 2.75) is 25.9 Å². The Morgan fingerprint density at radius 3 is 1.25 bits per heavy atom. The fourth-order valence-electron chi connectivity index (χ4n) is 0.385. The molecule has 0 aliphatic rings. The van der Waals surface area contributed by atoms with Crippen molar-refractivity contribution in [1.82, 2.24) is 0 Å². The Bertz CT molecular complexity index is 330. The van der Waals surface area contributed by atoms with Crippen molar-refractivity contribution in [1.29, 1.82) is 0 Å². The van der Waals surface area contributed by atoms with Crippen molar-refractivity contribution in [3.63, 3.8) is 0 Å². The van der Waals surface area contributed by atoms with E-state index in [1.165, 1.54) is 35.4 Å². The summed E-state index contributed by atoms with van der Waals surface area (Å²) >= 11 is 0. The number of hydrogen-bond acceptors (Lipinski definition) is 8. The summed E-state index contributed by atoms with van der Waals surface area (Å²) in [5.41, 5.74) is 10.4. The predicted octanol–water partition coefficient (Wildman–Crippen LogP) is -0.644. The molecule has 0 aliphatic carbocycles. The molecule has 0 bridgehead atoms. The Morgan fingerprint density at radius 1 is 0.850 bits per heavy atom. The predicted molar refractivity (Wildman–Crippen MR) is 77.5 cm³/mol. The molecule has 2 unspecified atom stereocenters. The summed E-state index contributed by atoms with van der Waals surface area (Å²) in [6.45, 7) is 2.50. The van der Waals surface area contributed by atoms with Gasteiger partial charge in [0.05, 0.1) is 0 Å². The monoisotopic (exact) mass is 326 g/mol. The van der Waals surface area contributed by atoms with Crippen molar-refractivity contribution >= 4 is 45.1 Å². The van der Waals surface area contributed by atoms with Gasteiger partial charge in [-0.2, -0.15) is 0 Å². The van der Waals surface area contributed by atoms with Crippen molar-refractivity contribution in [3.8, 4) is 0 Å². The highest BCUT2D eigenvalue weighted by atomic mass is 33.1. The Balaban J connectivity index is 0. The Kier molecular flexibility index (Phi) is 12.4. The lowest BCUT2D eigenvalue weighted by atomic mass is 10.3. The van der Waals surface area contributed by atoms with E-state index in [1.54, 1.807) is 0 Å². The normalized spacial score (nSPS) is 12.6. The maximum Gasteiger partial charge on any atom is 0.321 e. The first-order valence-electron chi connectivity index (χ1n) is 5.32.